The highest BCUT2D eigenvalue weighted by Gasteiger charge is 2.43. The molecule has 3 heteroatoms. The normalized spacial score (nSPS) is 30.3. The zero-order valence-corrected chi connectivity index (χ0v) is 14.6. The molecule has 0 spiro atoms. The second-order valence-corrected chi connectivity index (χ2v) is 7.91. The van der Waals surface area contributed by atoms with Gasteiger partial charge in [0.25, 0.3) is 0 Å². The maximum absolute atomic E-state index is 9.98. The minimum atomic E-state index is -0.0459. The predicted molar refractivity (Wildman–Crippen MR) is 89.5 cm³/mol. The maximum Gasteiger partial charge on any atom is 0.0570 e. The number of hydrogen-bond donors (Lipinski definition) is 2. The lowest BCUT2D eigenvalue weighted by Gasteiger charge is -2.44. The SMILES string of the molecule is CCC(CC)(CNCC(C)C)CN1C2CCC1CC(O)C2. The monoisotopic (exact) mass is 296 g/mol. The molecule has 0 aromatic heterocycles. The van der Waals surface area contributed by atoms with Crippen molar-refractivity contribution in [2.45, 2.75) is 84.4 Å². The Kier molecular flexibility index (Phi) is 6.10. The van der Waals surface area contributed by atoms with Crippen LogP contribution in [0.1, 0.15) is 66.2 Å². The van der Waals surface area contributed by atoms with Crippen molar-refractivity contribution in [1.29, 1.82) is 0 Å². The fraction of sp³-hybridized carbons (Fsp3) is 1.00. The molecule has 0 aromatic rings. The lowest BCUT2D eigenvalue weighted by molar-refractivity contribution is 0.00705. The van der Waals surface area contributed by atoms with Crippen molar-refractivity contribution in [3.05, 3.63) is 0 Å². The molecule has 0 radical (unpaired) electrons. The van der Waals surface area contributed by atoms with Crippen LogP contribution in [-0.2, 0) is 0 Å². The first-order chi connectivity index (χ1) is 9.99. The Bertz CT molecular complexity index is 300. The van der Waals surface area contributed by atoms with Crippen molar-refractivity contribution < 1.29 is 5.11 Å². The third-order valence-corrected chi connectivity index (χ3v) is 5.93. The van der Waals surface area contributed by atoms with Crippen molar-refractivity contribution in [3.63, 3.8) is 0 Å². The van der Waals surface area contributed by atoms with Gasteiger partial charge in [-0.1, -0.05) is 27.7 Å². The zero-order valence-electron chi connectivity index (χ0n) is 14.6. The number of piperidine rings is 1. The summed E-state index contributed by atoms with van der Waals surface area (Å²) in [6, 6.07) is 1.28. The van der Waals surface area contributed by atoms with Crippen molar-refractivity contribution in [1.82, 2.24) is 10.2 Å². The summed E-state index contributed by atoms with van der Waals surface area (Å²) in [5, 5.41) is 13.7. The second kappa shape index (κ2) is 7.43. The Morgan fingerprint density at radius 1 is 1.14 bits per heavy atom. The molecule has 0 amide bonds. The molecule has 0 saturated carbocycles. The Labute approximate surface area is 131 Å². The minimum Gasteiger partial charge on any atom is -0.393 e. The van der Waals surface area contributed by atoms with Crippen LogP contribution in [0.2, 0.25) is 0 Å². The summed E-state index contributed by atoms with van der Waals surface area (Å²) in [5.74, 6) is 0.720. The van der Waals surface area contributed by atoms with E-state index >= 15 is 0 Å². The number of aliphatic hydroxyl groups is 1. The van der Waals surface area contributed by atoms with Gasteiger partial charge in [-0.15, -0.1) is 0 Å². The molecule has 2 rings (SSSR count). The summed E-state index contributed by atoms with van der Waals surface area (Å²) >= 11 is 0. The molecule has 2 atom stereocenters. The fourth-order valence-electron chi connectivity index (χ4n) is 4.30. The number of fused-ring (bicyclic) bond motifs is 2. The van der Waals surface area contributed by atoms with Crippen molar-refractivity contribution in [2.75, 3.05) is 19.6 Å². The van der Waals surface area contributed by atoms with Gasteiger partial charge < -0.3 is 10.4 Å². The first kappa shape index (κ1) is 17.2. The Morgan fingerprint density at radius 3 is 2.19 bits per heavy atom. The summed E-state index contributed by atoms with van der Waals surface area (Å²) in [4.78, 5) is 2.75. The van der Waals surface area contributed by atoms with E-state index in [0.717, 1.165) is 31.8 Å². The summed E-state index contributed by atoms with van der Waals surface area (Å²) in [6.07, 6.45) is 7.03. The Balaban J connectivity index is 1.96. The van der Waals surface area contributed by atoms with Crippen LogP contribution in [0.15, 0.2) is 0 Å². The molecular weight excluding hydrogens is 260 g/mol. The van der Waals surface area contributed by atoms with E-state index in [1.165, 1.54) is 32.2 Å². The number of nitrogens with zero attached hydrogens (tertiary/aromatic N) is 1. The molecular formula is C18H36N2O. The van der Waals surface area contributed by atoms with Crippen LogP contribution in [0.5, 0.6) is 0 Å². The molecule has 0 aliphatic carbocycles. The molecule has 2 aliphatic rings. The van der Waals surface area contributed by atoms with E-state index in [0.29, 0.717) is 17.5 Å². The van der Waals surface area contributed by atoms with Gasteiger partial charge in [-0.05, 0) is 56.4 Å². The Hall–Kier alpha value is -0.120. The number of hydrogen-bond acceptors (Lipinski definition) is 3. The molecule has 2 fully saturated rings. The van der Waals surface area contributed by atoms with E-state index in [1.807, 2.05) is 0 Å². The van der Waals surface area contributed by atoms with Gasteiger partial charge in [-0.3, -0.25) is 4.90 Å². The maximum atomic E-state index is 9.98. The quantitative estimate of drug-likeness (QED) is 0.723. The molecule has 124 valence electrons. The van der Waals surface area contributed by atoms with Crippen molar-refractivity contribution in [2.24, 2.45) is 11.3 Å². The molecule has 21 heavy (non-hydrogen) atoms. The highest BCUT2D eigenvalue weighted by molar-refractivity contribution is 4.98. The van der Waals surface area contributed by atoms with E-state index in [2.05, 4.69) is 37.9 Å². The van der Waals surface area contributed by atoms with Crippen molar-refractivity contribution in [3.8, 4) is 0 Å². The van der Waals surface area contributed by atoms with Crippen molar-refractivity contribution >= 4 is 0 Å². The first-order valence-electron chi connectivity index (χ1n) is 9.14. The van der Waals surface area contributed by atoms with E-state index in [-0.39, 0.29) is 6.10 Å². The van der Waals surface area contributed by atoms with E-state index in [4.69, 9.17) is 0 Å². The summed E-state index contributed by atoms with van der Waals surface area (Å²) in [7, 11) is 0. The highest BCUT2D eigenvalue weighted by atomic mass is 16.3. The summed E-state index contributed by atoms with van der Waals surface area (Å²) in [5.41, 5.74) is 0.401. The lowest BCUT2D eigenvalue weighted by atomic mass is 9.80. The van der Waals surface area contributed by atoms with Crippen LogP contribution >= 0.6 is 0 Å². The molecule has 2 saturated heterocycles. The number of nitrogens with one attached hydrogen (secondary N) is 1. The van der Waals surface area contributed by atoms with E-state index in [9.17, 15) is 5.11 Å². The topological polar surface area (TPSA) is 35.5 Å². The molecule has 2 aliphatic heterocycles. The van der Waals surface area contributed by atoms with Gasteiger partial charge >= 0.3 is 0 Å². The average Bonchev–Trinajstić information content (AvgIpc) is 2.68. The highest BCUT2D eigenvalue weighted by Crippen LogP contribution is 2.39. The molecule has 2 N–H and O–H groups in total. The van der Waals surface area contributed by atoms with Gasteiger partial charge in [-0.2, -0.15) is 0 Å². The third kappa shape index (κ3) is 4.20. The van der Waals surface area contributed by atoms with Gasteiger partial charge in [0.1, 0.15) is 0 Å². The molecule has 2 unspecified atom stereocenters. The summed E-state index contributed by atoms with van der Waals surface area (Å²) in [6.45, 7) is 12.7. The van der Waals surface area contributed by atoms with Gasteiger partial charge in [0, 0.05) is 25.2 Å². The predicted octanol–water partition coefficient (Wildman–Crippen LogP) is 3.03. The average molecular weight is 296 g/mol. The lowest BCUT2D eigenvalue weighted by Crippen LogP contribution is -2.51. The van der Waals surface area contributed by atoms with E-state index < -0.39 is 0 Å². The van der Waals surface area contributed by atoms with Crippen LogP contribution in [0, 0.1) is 11.3 Å². The molecule has 3 nitrogen and oxygen atoms in total. The molecule has 2 heterocycles. The van der Waals surface area contributed by atoms with Gasteiger partial charge in [-0.25, -0.2) is 0 Å². The first-order valence-corrected chi connectivity index (χ1v) is 9.14. The minimum absolute atomic E-state index is 0.0459. The van der Waals surface area contributed by atoms with Crippen LogP contribution in [0.25, 0.3) is 0 Å². The van der Waals surface area contributed by atoms with Gasteiger partial charge in [0.2, 0.25) is 0 Å². The largest absolute Gasteiger partial charge is 0.393 e. The number of aliphatic hydroxyl groups excluding tert-OH is 1. The zero-order chi connectivity index (χ0) is 15.5. The standard InChI is InChI=1S/C18H36N2O/c1-5-18(6-2,12-19-11-14(3)4)13-20-15-7-8-16(20)10-17(21)9-15/h14-17,19,21H,5-13H2,1-4H3. The van der Waals surface area contributed by atoms with Crippen LogP contribution in [0.4, 0.5) is 0 Å². The van der Waals surface area contributed by atoms with Crippen LogP contribution in [0.3, 0.4) is 0 Å². The smallest absolute Gasteiger partial charge is 0.0570 e. The van der Waals surface area contributed by atoms with Crippen LogP contribution < -0.4 is 5.32 Å². The van der Waals surface area contributed by atoms with Gasteiger partial charge in [0.05, 0.1) is 6.10 Å². The van der Waals surface area contributed by atoms with E-state index in [1.54, 1.807) is 0 Å². The number of rotatable bonds is 8. The molecule has 2 bridgehead atoms. The second-order valence-electron chi connectivity index (χ2n) is 7.91. The Morgan fingerprint density at radius 2 is 1.71 bits per heavy atom. The molecule has 0 aromatic carbocycles. The summed E-state index contributed by atoms with van der Waals surface area (Å²) < 4.78 is 0. The van der Waals surface area contributed by atoms with Gasteiger partial charge in [0.15, 0.2) is 0 Å². The third-order valence-electron chi connectivity index (χ3n) is 5.93. The van der Waals surface area contributed by atoms with Crippen LogP contribution in [-0.4, -0.2) is 47.8 Å². The fourth-order valence-corrected chi connectivity index (χ4v) is 4.30.